The van der Waals surface area contributed by atoms with Crippen molar-refractivity contribution in [2.45, 2.75) is 0 Å². The normalized spacial score (nSPS) is 10.7. The van der Waals surface area contributed by atoms with E-state index in [1.54, 1.807) is 12.4 Å². The lowest BCUT2D eigenvalue weighted by atomic mass is 10.2. The Hall–Kier alpha value is -3.62. The summed E-state index contributed by atoms with van der Waals surface area (Å²) in [6.07, 6.45) is 3.38. The summed E-state index contributed by atoms with van der Waals surface area (Å²) >= 11 is 10.4. The Morgan fingerprint density at radius 1 is 0.567 bits per heavy atom. The maximum Gasteiger partial charge on any atom is 0.191 e. The van der Waals surface area contributed by atoms with Gasteiger partial charge in [0.2, 0.25) is 0 Å². The number of rotatable bonds is 6. The fraction of sp³-hybridized carbons (Fsp3) is 0. The van der Waals surface area contributed by atoms with Crippen LogP contribution in [-0.4, -0.2) is 22.7 Å². The summed E-state index contributed by atoms with van der Waals surface area (Å²) in [7, 11) is 0. The highest BCUT2D eigenvalue weighted by Gasteiger charge is 1.96. The number of hydrogen-bond donors (Lipinski definition) is 4. The zero-order valence-corrected chi connectivity index (χ0v) is 17.6. The molecule has 3 aromatic carbocycles. The number of thiocarbonyl (C=S) groups is 2. The van der Waals surface area contributed by atoms with Gasteiger partial charge in [0.05, 0.1) is 12.4 Å². The summed E-state index contributed by atoms with van der Waals surface area (Å²) in [5, 5.41) is 15.2. The molecule has 0 aliphatic carbocycles. The Morgan fingerprint density at radius 2 is 0.933 bits per heavy atom. The summed E-state index contributed by atoms with van der Waals surface area (Å²) in [4.78, 5) is 0. The molecule has 0 saturated carbocycles. The minimum atomic E-state index is 0.423. The molecule has 0 radical (unpaired) electrons. The van der Waals surface area contributed by atoms with Crippen molar-refractivity contribution in [1.82, 2.24) is 10.9 Å². The van der Waals surface area contributed by atoms with Crippen molar-refractivity contribution in [3.8, 4) is 0 Å². The van der Waals surface area contributed by atoms with E-state index >= 15 is 0 Å². The van der Waals surface area contributed by atoms with Crippen LogP contribution in [0.4, 0.5) is 11.4 Å². The third-order valence-electron chi connectivity index (χ3n) is 3.76. The Bertz CT molecular complexity index is 934. The molecule has 3 aromatic rings. The smallest absolute Gasteiger partial charge is 0.191 e. The molecule has 0 bridgehead atoms. The highest BCUT2D eigenvalue weighted by atomic mass is 32.1. The molecular formula is C22H20N6S2. The van der Waals surface area contributed by atoms with E-state index in [-0.39, 0.29) is 0 Å². The van der Waals surface area contributed by atoms with Gasteiger partial charge in [-0.15, -0.1) is 0 Å². The molecule has 0 aliphatic rings. The van der Waals surface area contributed by atoms with Crippen molar-refractivity contribution in [2.75, 3.05) is 10.6 Å². The fourth-order valence-electron chi connectivity index (χ4n) is 2.36. The minimum absolute atomic E-state index is 0.423. The van der Waals surface area contributed by atoms with E-state index in [0.29, 0.717) is 10.2 Å². The number of nitrogens with zero attached hydrogens (tertiary/aromatic N) is 2. The van der Waals surface area contributed by atoms with Gasteiger partial charge in [-0.25, -0.2) is 0 Å². The highest BCUT2D eigenvalue weighted by molar-refractivity contribution is 7.80. The molecular weight excluding hydrogens is 412 g/mol. The van der Waals surface area contributed by atoms with Crippen LogP contribution in [0, 0.1) is 0 Å². The fourth-order valence-corrected chi connectivity index (χ4v) is 2.70. The first-order valence-electron chi connectivity index (χ1n) is 9.09. The summed E-state index contributed by atoms with van der Waals surface area (Å²) in [5.41, 5.74) is 9.25. The number of benzene rings is 3. The molecule has 0 fully saturated rings. The van der Waals surface area contributed by atoms with Gasteiger partial charge in [0, 0.05) is 11.4 Å². The van der Waals surface area contributed by atoms with Gasteiger partial charge in [0.15, 0.2) is 10.2 Å². The molecule has 0 saturated heterocycles. The van der Waals surface area contributed by atoms with Gasteiger partial charge >= 0.3 is 0 Å². The first-order chi connectivity index (χ1) is 14.7. The molecule has 0 amide bonds. The topological polar surface area (TPSA) is 72.8 Å². The molecule has 30 heavy (non-hydrogen) atoms. The number of nitrogens with one attached hydrogen (secondary N) is 4. The molecule has 6 nitrogen and oxygen atoms in total. The van der Waals surface area contributed by atoms with Gasteiger partial charge < -0.3 is 10.6 Å². The van der Waals surface area contributed by atoms with Crippen LogP contribution >= 0.6 is 24.4 Å². The van der Waals surface area contributed by atoms with E-state index in [4.69, 9.17) is 24.4 Å². The van der Waals surface area contributed by atoms with Crippen LogP contribution in [0.3, 0.4) is 0 Å². The number of para-hydroxylation sites is 2. The van der Waals surface area contributed by atoms with Gasteiger partial charge in [-0.2, -0.15) is 10.2 Å². The Morgan fingerprint density at radius 3 is 1.30 bits per heavy atom. The number of hydrogen-bond acceptors (Lipinski definition) is 4. The van der Waals surface area contributed by atoms with E-state index in [9.17, 15) is 0 Å². The summed E-state index contributed by atoms with van der Waals surface area (Å²) < 4.78 is 0. The number of anilines is 2. The van der Waals surface area contributed by atoms with Crippen molar-refractivity contribution < 1.29 is 0 Å². The molecule has 0 spiro atoms. The van der Waals surface area contributed by atoms with Crippen LogP contribution in [0.5, 0.6) is 0 Å². The van der Waals surface area contributed by atoms with Crippen LogP contribution in [0.2, 0.25) is 0 Å². The van der Waals surface area contributed by atoms with Crippen LogP contribution in [0.25, 0.3) is 0 Å². The monoisotopic (exact) mass is 432 g/mol. The van der Waals surface area contributed by atoms with Crippen molar-refractivity contribution in [3.05, 3.63) is 96.1 Å². The second-order valence-electron chi connectivity index (χ2n) is 6.05. The molecule has 0 atom stereocenters. The lowest BCUT2D eigenvalue weighted by Crippen LogP contribution is -2.23. The van der Waals surface area contributed by atoms with E-state index in [2.05, 4.69) is 31.7 Å². The minimum Gasteiger partial charge on any atom is -0.331 e. The largest absolute Gasteiger partial charge is 0.331 e. The molecule has 8 heteroatoms. The lowest BCUT2D eigenvalue weighted by Gasteiger charge is -2.06. The van der Waals surface area contributed by atoms with Crippen LogP contribution in [0.15, 0.2) is 95.1 Å². The van der Waals surface area contributed by atoms with Crippen LogP contribution in [0.1, 0.15) is 11.1 Å². The molecule has 0 unspecified atom stereocenters. The van der Waals surface area contributed by atoms with Gasteiger partial charge in [-0.3, -0.25) is 10.9 Å². The Labute approximate surface area is 186 Å². The maximum atomic E-state index is 5.21. The lowest BCUT2D eigenvalue weighted by molar-refractivity contribution is 1.05. The molecule has 0 aromatic heterocycles. The molecule has 150 valence electrons. The number of hydrazone groups is 2. The van der Waals surface area contributed by atoms with E-state index < -0.39 is 0 Å². The standard InChI is InChI=1S/C22H20N6S2/c29-21(25-19-7-3-1-4-8-19)27-23-15-17-11-13-18(14-12-17)16-24-28-22(30)26-20-9-5-2-6-10-20/h1-16H,(H2,25,27,29)(H2,26,28,30)/b23-15-,24-16-. The van der Waals surface area contributed by atoms with E-state index in [0.717, 1.165) is 22.5 Å². The van der Waals surface area contributed by atoms with Gasteiger partial charge in [-0.1, -0.05) is 60.7 Å². The van der Waals surface area contributed by atoms with Crippen LogP contribution < -0.4 is 21.5 Å². The van der Waals surface area contributed by atoms with Gasteiger partial charge in [0.1, 0.15) is 0 Å². The van der Waals surface area contributed by atoms with Crippen molar-refractivity contribution in [1.29, 1.82) is 0 Å². The van der Waals surface area contributed by atoms with E-state index in [1.165, 1.54) is 0 Å². The van der Waals surface area contributed by atoms with Gasteiger partial charge in [-0.05, 0) is 59.8 Å². The maximum absolute atomic E-state index is 5.21. The molecule has 0 heterocycles. The second kappa shape index (κ2) is 11.4. The Balaban J connectivity index is 1.42. The SMILES string of the molecule is S=C(N/N=C\c1ccc(/C=N\NC(=S)Nc2ccccc2)cc1)Nc1ccccc1. The van der Waals surface area contributed by atoms with E-state index in [1.807, 2.05) is 84.9 Å². The van der Waals surface area contributed by atoms with Crippen LogP contribution in [-0.2, 0) is 0 Å². The average Bonchev–Trinajstić information content (AvgIpc) is 2.76. The zero-order valence-electron chi connectivity index (χ0n) is 15.9. The zero-order chi connectivity index (χ0) is 21.0. The second-order valence-corrected chi connectivity index (χ2v) is 6.86. The third-order valence-corrected chi connectivity index (χ3v) is 4.15. The molecule has 4 N–H and O–H groups in total. The first kappa shape index (κ1) is 21.1. The summed E-state index contributed by atoms with van der Waals surface area (Å²) in [6.45, 7) is 0. The summed E-state index contributed by atoms with van der Waals surface area (Å²) in [5.74, 6) is 0. The van der Waals surface area contributed by atoms with Crippen molar-refractivity contribution in [2.24, 2.45) is 10.2 Å². The molecule has 3 rings (SSSR count). The molecule has 0 aliphatic heterocycles. The van der Waals surface area contributed by atoms with Gasteiger partial charge in [0.25, 0.3) is 0 Å². The first-order valence-corrected chi connectivity index (χ1v) is 9.91. The van der Waals surface area contributed by atoms with Crippen molar-refractivity contribution in [3.63, 3.8) is 0 Å². The van der Waals surface area contributed by atoms with Crippen molar-refractivity contribution >= 4 is 58.5 Å². The third kappa shape index (κ3) is 7.42. The predicted octanol–water partition coefficient (Wildman–Crippen LogP) is 4.33. The predicted molar refractivity (Wildman–Crippen MR) is 133 cm³/mol. The Kier molecular flexibility index (Phi) is 8.02. The average molecular weight is 433 g/mol. The highest BCUT2D eigenvalue weighted by Crippen LogP contribution is 2.05. The summed E-state index contributed by atoms with van der Waals surface area (Å²) in [6, 6.07) is 27.1. The quantitative estimate of drug-likeness (QED) is 0.264.